The monoisotopic (exact) mass is 434 g/mol. The van der Waals surface area contributed by atoms with Gasteiger partial charge in [-0.05, 0) is 62.1 Å². The van der Waals surface area contributed by atoms with Crippen molar-refractivity contribution >= 4 is 29.2 Å². The van der Waals surface area contributed by atoms with Crippen molar-refractivity contribution in [2.45, 2.75) is 44.9 Å². The molecule has 1 spiro atoms. The van der Waals surface area contributed by atoms with Gasteiger partial charge in [-0.1, -0.05) is 24.6 Å². The number of methoxy groups -OCH3 is 1. The number of rotatable bonds is 6. The van der Waals surface area contributed by atoms with E-state index in [2.05, 4.69) is 19.9 Å². The van der Waals surface area contributed by atoms with Crippen molar-refractivity contribution in [1.82, 2.24) is 4.98 Å². The molecule has 6 nitrogen and oxygen atoms in total. The summed E-state index contributed by atoms with van der Waals surface area (Å²) in [5.74, 6) is 0.941. The lowest BCUT2D eigenvalue weighted by Crippen LogP contribution is -2.38. The van der Waals surface area contributed by atoms with Gasteiger partial charge < -0.3 is 20.4 Å². The summed E-state index contributed by atoms with van der Waals surface area (Å²) in [6.07, 6.45) is 9.25. The molecule has 2 heterocycles. The van der Waals surface area contributed by atoms with Crippen molar-refractivity contribution in [2.24, 2.45) is 11.3 Å². The Morgan fingerprint density at radius 3 is 2.50 bits per heavy atom. The third kappa shape index (κ3) is 4.85. The van der Waals surface area contributed by atoms with Crippen LogP contribution in [0.2, 0.25) is 0 Å². The molecule has 2 N–H and O–H groups in total. The van der Waals surface area contributed by atoms with Gasteiger partial charge in [0.1, 0.15) is 11.5 Å². The highest BCUT2D eigenvalue weighted by atomic mass is 16.4. The van der Waals surface area contributed by atoms with Gasteiger partial charge in [-0.3, -0.25) is 4.79 Å². The molecule has 2 saturated carbocycles. The van der Waals surface area contributed by atoms with E-state index < -0.39 is 0 Å². The molecule has 0 atom stereocenters. The minimum atomic E-state index is 0.300. The van der Waals surface area contributed by atoms with Crippen LogP contribution in [0.25, 0.3) is 0 Å². The first kappa shape index (κ1) is 22.5. The smallest absolute Gasteiger partial charge is 0.168 e. The van der Waals surface area contributed by atoms with Gasteiger partial charge >= 0.3 is 0 Å². The molecule has 0 bridgehead atoms. The second kappa shape index (κ2) is 9.82. The van der Waals surface area contributed by atoms with Crippen LogP contribution in [-0.2, 0) is 4.74 Å². The average molecular weight is 435 g/mol. The number of pyridine rings is 1. The fourth-order valence-electron chi connectivity index (χ4n) is 4.77. The zero-order valence-electron chi connectivity index (χ0n) is 19.2. The number of aldehydes is 1. The Balaban J connectivity index is 0.000000775. The molecule has 3 fully saturated rings. The molecule has 2 aliphatic carbocycles. The molecule has 3 aliphatic rings. The maximum absolute atomic E-state index is 11.7. The molecule has 170 valence electrons. The number of aromatic nitrogens is 1. The molecule has 1 saturated heterocycles. The minimum Gasteiger partial charge on any atom is -0.388 e. The van der Waals surface area contributed by atoms with Crippen molar-refractivity contribution in [3.05, 3.63) is 47.7 Å². The number of nitrogens with zero attached hydrogens (tertiary/aromatic N) is 2. The van der Waals surface area contributed by atoms with Crippen LogP contribution in [0.1, 0.15) is 61.0 Å². The van der Waals surface area contributed by atoms with E-state index in [1.807, 2.05) is 36.4 Å². The molecule has 1 aromatic heterocycles. The number of ether oxygens (including phenoxy) is 1. The first-order valence-electron chi connectivity index (χ1n) is 11.7. The van der Waals surface area contributed by atoms with Crippen LogP contribution in [0.3, 0.4) is 0 Å². The highest BCUT2D eigenvalue weighted by Gasteiger charge is 2.46. The maximum atomic E-state index is 11.7. The molecular formula is C26H34N4O2. The Kier molecular flexibility index (Phi) is 6.89. The molecule has 32 heavy (non-hydrogen) atoms. The lowest BCUT2D eigenvalue weighted by Gasteiger charge is -2.37. The van der Waals surface area contributed by atoms with Crippen LogP contribution in [0.15, 0.2) is 36.4 Å². The number of anilines is 3. The summed E-state index contributed by atoms with van der Waals surface area (Å²) in [6, 6.07) is 11.8. The van der Waals surface area contributed by atoms with Gasteiger partial charge in [0, 0.05) is 44.6 Å². The second-order valence-electron chi connectivity index (χ2n) is 9.37. The van der Waals surface area contributed by atoms with Crippen LogP contribution in [0.4, 0.5) is 17.2 Å². The lowest BCUT2D eigenvalue weighted by molar-refractivity contribution is 0.111. The van der Waals surface area contributed by atoms with Crippen molar-refractivity contribution in [3.8, 4) is 0 Å². The Morgan fingerprint density at radius 1 is 1.19 bits per heavy atom. The van der Waals surface area contributed by atoms with Crippen LogP contribution in [-0.4, -0.2) is 44.3 Å². The number of hydrogen-bond acceptors (Lipinski definition) is 6. The van der Waals surface area contributed by atoms with Crippen LogP contribution < -0.4 is 10.2 Å². The van der Waals surface area contributed by atoms with E-state index in [1.54, 1.807) is 14.2 Å². The highest BCUT2D eigenvalue weighted by molar-refractivity contribution is 6.10. The molecule has 5 rings (SSSR count). The molecule has 0 unspecified atom stereocenters. The van der Waals surface area contributed by atoms with Crippen molar-refractivity contribution < 1.29 is 9.53 Å². The van der Waals surface area contributed by atoms with Crippen molar-refractivity contribution in [1.29, 1.82) is 5.41 Å². The van der Waals surface area contributed by atoms with E-state index in [1.165, 1.54) is 32.1 Å². The minimum absolute atomic E-state index is 0.300. The molecule has 1 aliphatic heterocycles. The average Bonchev–Trinajstić information content (AvgIpc) is 3.51. The summed E-state index contributed by atoms with van der Waals surface area (Å²) in [5.41, 5.74) is 4.40. The zero-order chi connectivity index (χ0) is 22.6. The Bertz CT molecular complexity index is 952. The molecule has 6 heteroatoms. The summed E-state index contributed by atoms with van der Waals surface area (Å²) < 4.78 is 4.25. The summed E-state index contributed by atoms with van der Waals surface area (Å²) in [4.78, 5) is 18.7. The first-order chi connectivity index (χ1) is 15.6. The van der Waals surface area contributed by atoms with Crippen molar-refractivity contribution in [3.63, 3.8) is 0 Å². The quantitative estimate of drug-likeness (QED) is 0.467. The number of carbonyl (C=O) groups is 1. The van der Waals surface area contributed by atoms with Gasteiger partial charge in [-0.25, -0.2) is 4.98 Å². The predicted molar refractivity (Wildman–Crippen MR) is 130 cm³/mol. The van der Waals surface area contributed by atoms with E-state index in [-0.39, 0.29) is 0 Å². The van der Waals surface area contributed by atoms with Gasteiger partial charge in [0.15, 0.2) is 6.29 Å². The number of hydrogen-bond donors (Lipinski definition) is 2. The SMILES string of the molecule is COC.N=C(c1c(N2CCCC3(CC3)C2)cc(C=O)nc1Nc1ccccc1)C1CCC1. The summed E-state index contributed by atoms with van der Waals surface area (Å²) in [6.45, 7) is 2.02. The van der Waals surface area contributed by atoms with E-state index in [0.29, 0.717) is 28.6 Å². The van der Waals surface area contributed by atoms with Crippen LogP contribution in [0.5, 0.6) is 0 Å². The number of carbonyl (C=O) groups excluding carboxylic acids is 1. The standard InChI is InChI=1S/C24H28N4O.C2H6O/c25-22(17-6-4-7-17)21-20(28-13-5-10-24(16-28)11-12-24)14-19(15-29)27-23(21)26-18-8-2-1-3-9-18;1-3-2/h1-3,8-9,14-15,17,25H,4-7,10-13,16H2,(H,26,27);1-2H3. The number of para-hydroxylation sites is 1. The fraction of sp³-hybridized carbons (Fsp3) is 0.500. The summed E-state index contributed by atoms with van der Waals surface area (Å²) >= 11 is 0. The van der Waals surface area contributed by atoms with Gasteiger partial charge in [-0.2, -0.15) is 0 Å². The summed E-state index contributed by atoms with van der Waals surface area (Å²) in [7, 11) is 3.25. The van der Waals surface area contributed by atoms with E-state index in [4.69, 9.17) is 5.41 Å². The number of piperidine rings is 1. The number of nitrogens with one attached hydrogen (secondary N) is 2. The summed E-state index contributed by atoms with van der Waals surface area (Å²) in [5, 5.41) is 12.4. The lowest BCUT2D eigenvalue weighted by atomic mass is 9.78. The third-order valence-corrected chi connectivity index (χ3v) is 6.92. The third-order valence-electron chi connectivity index (χ3n) is 6.92. The van der Waals surface area contributed by atoms with Crippen LogP contribution >= 0.6 is 0 Å². The fourth-order valence-corrected chi connectivity index (χ4v) is 4.77. The Labute approximate surface area is 190 Å². The van der Waals surface area contributed by atoms with Gasteiger partial charge in [0.05, 0.1) is 11.3 Å². The Hall–Kier alpha value is -2.73. The molecule has 2 aromatic rings. The van der Waals surface area contributed by atoms with E-state index in [9.17, 15) is 4.79 Å². The second-order valence-corrected chi connectivity index (χ2v) is 9.37. The van der Waals surface area contributed by atoms with E-state index in [0.717, 1.165) is 49.2 Å². The molecule has 1 aromatic carbocycles. The van der Waals surface area contributed by atoms with Gasteiger partial charge in [0.25, 0.3) is 0 Å². The molecule has 0 amide bonds. The van der Waals surface area contributed by atoms with Crippen LogP contribution in [0, 0.1) is 16.7 Å². The maximum Gasteiger partial charge on any atom is 0.168 e. The number of benzene rings is 1. The molecular weight excluding hydrogens is 400 g/mol. The normalized spacial score (nSPS) is 18.9. The van der Waals surface area contributed by atoms with Gasteiger partial charge in [0.2, 0.25) is 0 Å². The predicted octanol–water partition coefficient (Wildman–Crippen LogP) is 5.45. The topological polar surface area (TPSA) is 78.3 Å². The van der Waals surface area contributed by atoms with Crippen molar-refractivity contribution in [2.75, 3.05) is 37.5 Å². The molecule has 0 radical (unpaired) electrons. The van der Waals surface area contributed by atoms with Gasteiger partial charge in [-0.15, -0.1) is 0 Å². The Morgan fingerprint density at radius 2 is 1.91 bits per heavy atom. The first-order valence-corrected chi connectivity index (χ1v) is 11.7. The largest absolute Gasteiger partial charge is 0.388 e. The zero-order valence-corrected chi connectivity index (χ0v) is 19.2. The highest BCUT2D eigenvalue weighted by Crippen LogP contribution is 2.53. The van der Waals surface area contributed by atoms with E-state index >= 15 is 0 Å².